The quantitative estimate of drug-likeness (QED) is 0.330. The van der Waals surface area contributed by atoms with Gasteiger partial charge in [-0.1, -0.05) is 0 Å². The highest BCUT2D eigenvalue weighted by atomic mass is 19.4. The van der Waals surface area contributed by atoms with Crippen molar-refractivity contribution < 1.29 is 46.0 Å². The van der Waals surface area contributed by atoms with Gasteiger partial charge in [0.25, 0.3) is 22.7 Å². The van der Waals surface area contributed by atoms with Gasteiger partial charge >= 0.3 is 12.4 Å². The Bertz CT molecular complexity index is 1030. The summed E-state index contributed by atoms with van der Waals surface area (Å²) in [5.41, 5.74) is -13.4. The Morgan fingerprint density at radius 1 is 0.545 bits per heavy atom. The Morgan fingerprint density at radius 2 is 0.758 bits per heavy atom. The van der Waals surface area contributed by atoms with Gasteiger partial charge in [0, 0.05) is 24.3 Å². The average molecular weight is 485 g/mol. The summed E-state index contributed by atoms with van der Waals surface area (Å²) in [4.78, 5) is 38.7. The molecule has 0 bridgehead atoms. The van der Waals surface area contributed by atoms with Crippen LogP contribution in [-0.2, 0) is 12.4 Å². The highest BCUT2D eigenvalue weighted by Crippen LogP contribution is 2.47. The number of hydrogen-bond acceptors (Lipinski definition) is 9. The fourth-order valence-electron chi connectivity index (χ4n) is 2.51. The van der Waals surface area contributed by atoms with E-state index in [1.165, 1.54) is 0 Å². The van der Waals surface area contributed by atoms with Crippen molar-refractivity contribution >= 4 is 34.1 Å². The van der Waals surface area contributed by atoms with E-state index in [1.54, 1.807) is 5.32 Å². The van der Waals surface area contributed by atoms with Crippen molar-refractivity contribution in [3.8, 4) is 0 Å². The van der Waals surface area contributed by atoms with E-state index >= 15 is 0 Å². The van der Waals surface area contributed by atoms with Gasteiger partial charge in [0.2, 0.25) is 0 Å². The molecule has 2 aromatic rings. The molecule has 2 aromatic carbocycles. The molecular weight excluding hydrogens is 480 g/mol. The molecule has 0 aliphatic heterocycles. The second-order valence-electron chi connectivity index (χ2n) is 5.93. The van der Waals surface area contributed by atoms with Crippen LogP contribution in [0.15, 0.2) is 24.3 Å². The van der Waals surface area contributed by atoms with Crippen molar-refractivity contribution in [1.29, 1.82) is 0 Å². The van der Waals surface area contributed by atoms with E-state index in [0.29, 0.717) is 0 Å². The third-order valence-corrected chi connectivity index (χ3v) is 3.88. The summed E-state index contributed by atoms with van der Waals surface area (Å²) in [6, 6.07) is -0.789. The molecule has 19 heteroatoms. The van der Waals surface area contributed by atoms with Crippen LogP contribution >= 0.6 is 0 Å². The molecule has 0 aliphatic rings. The minimum atomic E-state index is -5.32. The Labute approximate surface area is 174 Å². The van der Waals surface area contributed by atoms with E-state index in [4.69, 9.17) is 0 Å². The molecule has 2 rings (SSSR count). The van der Waals surface area contributed by atoms with Crippen LogP contribution in [0.4, 0.5) is 60.5 Å². The molecule has 0 amide bonds. The van der Waals surface area contributed by atoms with Crippen LogP contribution in [-0.4, -0.2) is 19.7 Å². The average Bonchev–Trinajstić information content (AvgIpc) is 2.65. The fraction of sp³-hybridized carbons (Fsp3) is 0.143. The number of halogens is 6. The Balaban J connectivity index is 2.95. The number of hydrogen-bond donors (Lipinski definition) is 1. The first kappa shape index (κ1) is 24.7. The molecule has 0 fully saturated rings. The normalized spacial score (nSPS) is 11.7. The van der Waals surface area contributed by atoms with Gasteiger partial charge in [0.05, 0.1) is 30.8 Å². The predicted octanol–water partition coefficient (Wildman–Crippen LogP) is 5.10. The second-order valence-corrected chi connectivity index (χ2v) is 5.93. The first-order chi connectivity index (χ1) is 14.9. The van der Waals surface area contributed by atoms with Crippen molar-refractivity contribution in [2.75, 3.05) is 5.32 Å². The maximum atomic E-state index is 13.0. The molecule has 0 unspecified atom stereocenters. The third kappa shape index (κ3) is 5.02. The number of alkyl halides is 6. The summed E-state index contributed by atoms with van der Waals surface area (Å²) >= 11 is 0. The fourth-order valence-corrected chi connectivity index (χ4v) is 2.51. The summed E-state index contributed by atoms with van der Waals surface area (Å²) < 4.78 is 77.9. The molecular formula is C14H5F6N5O8. The highest BCUT2D eigenvalue weighted by Gasteiger charge is 2.41. The lowest BCUT2D eigenvalue weighted by atomic mass is 10.1. The van der Waals surface area contributed by atoms with Crippen LogP contribution in [0.1, 0.15) is 11.1 Å². The number of rotatable bonds is 6. The maximum absolute atomic E-state index is 13.0. The van der Waals surface area contributed by atoms with Gasteiger partial charge in [-0.3, -0.25) is 40.5 Å². The van der Waals surface area contributed by atoms with Gasteiger partial charge in [-0.15, -0.1) is 0 Å². The predicted molar refractivity (Wildman–Crippen MR) is 92.8 cm³/mol. The summed E-state index contributed by atoms with van der Waals surface area (Å²) in [6.07, 6.45) is -10.6. The van der Waals surface area contributed by atoms with Crippen molar-refractivity contribution in [2.24, 2.45) is 0 Å². The smallest absolute Gasteiger partial charge is 0.333 e. The third-order valence-electron chi connectivity index (χ3n) is 3.88. The minimum Gasteiger partial charge on any atom is -0.333 e. The Kier molecular flexibility index (Phi) is 6.11. The van der Waals surface area contributed by atoms with Gasteiger partial charge in [-0.25, -0.2) is 0 Å². The van der Waals surface area contributed by atoms with E-state index < -0.39 is 77.3 Å². The zero-order valence-corrected chi connectivity index (χ0v) is 15.1. The summed E-state index contributed by atoms with van der Waals surface area (Å²) in [7, 11) is 0. The minimum absolute atomic E-state index is 0.197. The molecule has 0 saturated heterocycles. The Morgan fingerprint density at radius 3 is 0.909 bits per heavy atom. The van der Waals surface area contributed by atoms with E-state index in [0.717, 1.165) is 0 Å². The summed E-state index contributed by atoms with van der Waals surface area (Å²) in [5, 5.41) is 46.6. The second kappa shape index (κ2) is 8.16. The topological polar surface area (TPSA) is 185 Å². The molecule has 0 spiro atoms. The van der Waals surface area contributed by atoms with Crippen molar-refractivity contribution in [2.45, 2.75) is 12.4 Å². The van der Waals surface area contributed by atoms with Gasteiger partial charge in [-0.2, -0.15) is 26.3 Å². The van der Waals surface area contributed by atoms with Crippen molar-refractivity contribution in [1.82, 2.24) is 0 Å². The molecule has 0 saturated carbocycles. The summed E-state index contributed by atoms with van der Waals surface area (Å²) in [5.74, 6) is 0. The van der Waals surface area contributed by atoms with Crippen LogP contribution < -0.4 is 5.32 Å². The van der Waals surface area contributed by atoms with E-state index in [2.05, 4.69) is 0 Å². The van der Waals surface area contributed by atoms with Gasteiger partial charge in [0.1, 0.15) is 0 Å². The molecule has 33 heavy (non-hydrogen) atoms. The lowest BCUT2D eigenvalue weighted by molar-refractivity contribution is -0.393. The first-order valence-corrected chi connectivity index (χ1v) is 7.80. The van der Waals surface area contributed by atoms with E-state index in [1.807, 2.05) is 0 Å². The lowest BCUT2D eigenvalue weighted by Crippen LogP contribution is -2.12. The monoisotopic (exact) mass is 485 g/mol. The number of nitrogens with one attached hydrogen (secondary N) is 1. The SMILES string of the molecule is O=[N+]([O-])c1cc(C(F)(F)F)cc([N+](=O)[O-])c1Nc1c([N+](=O)[O-])cc(C(F)(F)F)cc1[N+](=O)[O-]. The largest absolute Gasteiger partial charge is 0.416 e. The number of nitro groups is 4. The van der Waals surface area contributed by atoms with Crippen molar-refractivity contribution in [3.05, 3.63) is 75.8 Å². The lowest BCUT2D eigenvalue weighted by Gasteiger charge is -2.13. The zero-order chi connectivity index (χ0) is 25.5. The highest BCUT2D eigenvalue weighted by molar-refractivity contribution is 5.87. The molecule has 1 N–H and O–H groups in total. The van der Waals surface area contributed by atoms with Crippen LogP contribution in [0.25, 0.3) is 0 Å². The molecule has 0 heterocycles. The summed E-state index contributed by atoms with van der Waals surface area (Å²) in [6.45, 7) is 0. The van der Waals surface area contributed by atoms with Crippen LogP contribution in [0.3, 0.4) is 0 Å². The van der Waals surface area contributed by atoms with Crippen LogP contribution in [0.5, 0.6) is 0 Å². The van der Waals surface area contributed by atoms with Crippen LogP contribution in [0.2, 0.25) is 0 Å². The molecule has 0 aliphatic carbocycles. The number of benzene rings is 2. The number of anilines is 2. The first-order valence-electron chi connectivity index (χ1n) is 7.80. The van der Waals surface area contributed by atoms with Gasteiger partial charge < -0.3 is 5.32 Å². The molecule has 0 radical (unpaired) electrons. The van der Waals surface area contributed by atoms with E-state index in [9.17, 15) is 66.8 Å². The van der Waals surface area contributed by atoms with Gasteiger partial charge in [-0.05, 0) is 0 Å². The molecule has 0 atom stereocenters. The van der Waals surface area contributed by atoms with E-state index in [-0.39, 0.29) is 24.3 Å². The van der Waals surface area contributed by atoms with Gasteiger partial charge in [0.15, 0.2) is 11.4 Å². The standard InChI is InChI=1S/C14H5F6N5O8/c15-13(16,17)5-1-7(22(26)27)11(8(2-5)23(28)29)21-12-9(24(30)31)3-6(14(18,19)20)4-10(12)25(32)33/h1-4,21H. The Hall–Kier alpha value is -4.58. The van der Waals surface area contributed by atoms with Crippen molar-refractivity contribution in [3.63, 3.8) is 0 Å². The van der Waals surface area contributed by atoms with Crippen LogP contribution in [0, 0.1) is 40.5 Å². The zero-order valence-electron chi connectivity index (χ0n) is 15.1. The molecule has 13 nitrogen and oxygen atoms in total. The molecule has 176 valence electrons. The number of nitrogens with zero attached hydrogens (tertiary/aromatic N) is 4. The number of nitro benzene ring substituents is 4. The molecule has 0 aromatic heterocycles. The maximum Gasteiger partial charge on any atom is 0.416 e.